The molecule has 1 amide bonds. The van der Waals surface area contributed by atoms with Crippen molar-refractivity contribution >= 4 is 62.3 Å². The fourth-order valence-corrected chi connectivity index (χ4v) is 3.77. The molecule has 6 heteroatoms. The van der Waals surface area contributed by atoms with Gasteiger partial charge in [-0.3, -0.25) is 4.79 Å². The Labute approximate surface area is 139 Å². The van der Waals surface area contributed by atoms with E-state index in [2.05, 4.69) is 21.2 Å². The van der Waals surface area contributed by atoms with Crippen molar-refractivity contribution in [3.63, 3.8) is 0 Å². The van der Waals surface area contributed by atoms with E-state index in [1.165, 1.54) is 0 Å². The SMILES string of the molecule is O=C1Nc2cc(Cl)c(Cl)cc2C1(Br)c1ccccc1Cl. The van der Waals surface area contributed by atoms with Gasteiger partial charge in [0.05, 0.1) is 10.0 Å². The number of rotatable bonds is 1. The quantitative estimate of drug-likeness (QED) is 0.662. The van der Waals surface area contributed by atoms with E-state index in [-0.39, 0.29) is 5.91 Å². The molecule has 2 aromatic carbocycles. The monoisotopic (exact) mass is 389 g/mol. The lowest BCUT2D eigenvalue weighted by molar-refractivity contribution is -0.116. The number of carbonyl (C=O) groups excluding carboxylic acids is 1. The summed E-state index contributed by atoms with van der Waals surface area (Å²) in [6.45, 7) is 0. The molecular weight excluding hydrogens is 384 g/mol. The third-order valence-electron chi connectivity index (χ3n) is 3.24. The first-order valence-electron chi connectivity index (χ1n) is 5.69. The maximum absolute atomic E-state index is 12.4. The van der Waals surface area contributed by atoms with Crippen LogP contribution in [0.2, 0.25) is 15.1 Å². The summed E-state index contributed by atoms with van der Waals surface area (Å²) in [5, 5.41) is 4.07. The largest absolute Gasteiger partial charge is 0.324 e. The Morgan fingerprint density at radius 2 is 1.60 bits per heavy atom. The number of amides is 1. The molecule has 1 atom stereocenters. The fourth-order valence-electron chi connectivity index (χ4n) is 2.27. The maximum Gasteiger partial charge on any atom is 0.250 e. The van der Waals surface area contributed by atoms with Crippen LogP contribution in [0.3, 0.4) is 0 Å². The summed E-state index contributed by atoms with van der Waals surface area (Å²) in [6.07, 6.45) is 0. The minimum Gasteiger partial charge on any atom is -0.324 e. The number of benzene rings is 2. The predicted octanol–water partition coefficient (Wildman–Crippen LogP) is 5.24. The smallest absolute Gasteiger partial charge is 0.250 e. The Morgan fingerprint density at radius 1 is 0.950 bits per heavy atom. The molecular formula is C14H7BrCl3NO. The van der Waals surface area contributed by atoms with E-state index in [9.17, 15) is 4.79 Å². The number of carbonyl (C=O) groups is 1. The van der Waals surface area contributed by atoms with Crippen molar-refractivity contribution in [3.05, 3.63) is 62.6 Å². The van der Waals surface area contributed by atoms with Crippen LogP contribution in [0.1, 0.15) is 11.1 Å². The third kappa shape index (κ3) is 1.96. The van der Waals surface area contributed by atoms with Gasteiger partial charge < -0.3 is 5.32 Å². The Balaban J connectivity index is 2.29. The van der Waals surface area contributed by atoms with Gasteiger partial charge in [-0.1, -0.05) is 68.9 Å². The van der Waals surface area contributed by atoms with E-state index in [0.29, 0.717) is 31.9 Å². The Hall–Kier alpha value is -0.740. The van der Waals surface area contributed by atoms with Crippen LogP contribution < -0.4 is 5.32 Å². The highest BCUT2D eigenvalue weighted by atomic mass is 79.9. The molecule has 0 saturated carbocycles. The first-order chi connectivity index (χ1) is 9.44. The van der Waals surface area contributed by atoms with Crippen molar-refractivity contribution < 1.29 is 4.79 Å². The number of nitrogens with one attached hydrogen (secondary N) is 1. The summed E-state index contributed by atoms with van der Waals surface area (Å²) in [7, 11) is 0. The van der Waals surface area contributed by atoms with E-state index >= 15 is 0 Å². The van der Waals surface area contributed by atoms with E-state index in [1.54, 1.807) is 24.3 Å². The summed E-state index contributed by atoms with van der Waals surface area (Å²) in [4.78, 5) is 12.4. The summed E-state index contributed by atoms with van der Waals surface area (Å²) in [5.74, 6) is -0.223. The molecule has 1 aliphatic rings. The van der Waals surface area contributed by atoms with Crippen molar-refractivity contribution in [2.24, 2.45) is 0 Å². The summed E-state index contributed by atoms with van der Waals surface area (Å²) < 4.78 is -1.06. The Morgan fingerprint density at radius 3 is 2.30 bits per heavy atom. The Bertz CT molecular complexity index is 734. The van der Waals surface area contributed by atoms with Crippen LogP contribution in [-0.4, -0.2) is 5.91 Å². The summed E-state index contributed by atoms with van der Waals surface area (Å²) in [6, 6.07) is 10.5. The molecule has 3 rings (SSSR count). The molecule has 0 bridgehead atoms. The van der Waals surface area contributed by atoms with Gasteiger partial charge in [-0.15, -0.1) is 0 Å². The van der Waals surface area contributed by atoms with Gasteiger partial charge in [-0.2, -0.15) is 0 Å². The Kier molecular flexibility index (Phi) is 3.49. The van der Waals surface area contributed by atoms with Gasteiger partial charge in [-0.25, -0.2) is 0 Å². The number of hydrogen-bond acceptors (Lipinski definition) is 1. The molecule has 102 valence electrons. The lowest BCUT2D eigenvalue weighted by Gasteiger charge is -2.22. The molecule has 0 fully saturated rings. The van der Waals surface area contributed by atoms with Crippen LogP contribution >= 0.6 is 50.7 Å². The minimum absolute atomic E-state index is 0.223. The molecule has 1 heterocycles. The molecule has 1 N–H and O–H groups in total. The van der Waals surface area contributed by atoms with Gasteiger partial charge in [0, 0.05) is 21.8 Å². The highest BCUT2D eigenvalue weighted by Gasteiger charge is 2.47. The van der Waals surface area contributed by atoms with Crippen molar-refractivity contribution in [3.8, 4) is 0 Å². The highest BCUT2D eigenvalue weighted by Crippen LogP contribution is 2.51. The molecule has 0 radical (unpaired) electrons. The van der Waals surface area contributed by atoms with Gasteiger partial charge in [0.2, 0.25) is 0 Å². The predicted molar refractivity (Wildman–Crippen MR) is 86.3 cm³/mol. The standard InChI is InChI=1S/C14H7BrCl3NO/c15-14(7-3-1-2-4-9(7)16)8-5-10(17)11(18)6-12(8)19-13(14)20/h1-6H,(H,19,20). The van der Waals surface area contributed by atoms with Crippen LogP contribution in [0.4, 0.5) is 5.69 Å². The number of alkyl halides is 1. The molecule has 1 unspecified atom stereocenters. The molecule has 20 heavy (non-hydrogen) atoms. The van der Waals surface area contributed by atoms with Crippen molar-refractivity contribution in [1.82, 2.24) is 0 Å². The average Bonchev–Trinajstić information content (AvgIpc) is 2.64. The second kappa shape index (κ2) is 4.92. The third-order valence-corrected chi connectivity index (χ3v) is 5.50. The fraction of sp³-hybridized carbons (Fsp3) is 0.0714. The van der Waals surface area contributed by atoms with Gasteiger partial charge in [0.1, 0.15) is 0 Å². The van der Waals surface area contributed by atoms with Gasteiger partial charge in [0.25, 0.3) is 5.91 Å². The van der Waals surface area contributed by atoms with Crippen LogP contribution in [0.5, 0.6) is 0 Å². The van der Waals surface area contributed by atoms with E-state index < -0.39 is 4.32 Å². The van der Waals surface area contributed by atoms with Crippen molar-refractivity contribution in [2.75, 3.05) is 5.32 Å². The molecule has 2 aromatic rings. The number of halogens is 4. The van der Waals surface area contributed by atoms with Gasteiger partial charge in [0.15, 0.2) is 4.32 Å². The number of fused-ring (bicyclic) bond motifs is 1. The zero-order valence-electron chi connectivity index (χ0n) is 9.88. The molecule has 2 nitrogen and oxygen atoms in total. The summed E-state index contributed by atoms with van der Waals surface area (Å²) in [5.41, 5.74) is 1.99. The van der Waals surface area contributed by atoms with Crippen LogP contribution in [0, 0.1) is 0 Å². The molecule has 1 aliphatic heterocycles. The highest BCUT2D eigenvalue weighted by molar-refractivity contribution is 9.10. The van der Waals surface area contributed by atoms with Crippen LogP contribution in [0.25, 0.3) is 0 Å². The molecule has 0 spiro atoms. The second-order valence-corrected chi connectivity index (χ2v) is 6.82. The normalized spacial score (nSPS) is 20.7. The van der Waals surface area contributed by atoms with Crippen LogP contribution in [0.15, 0.2) is 36.4 Å². The molecule has 0 saturated heterocycles. The molecule has 0 aromatic heterocycles. The van der Waals surface area contributed by atoms with E-state index in [4.69, 9.17) is 34.8 Å². The lowest BCUT2D eigenvalue weighted by Crippen LogP contribution is -2.29. The van der Waals surface area contributed by atoms with E-state index in [1.807, 2.05) is 12.1 Å². The topological polar surface area (TPSA) is 29.1 Å². The van der Waals surface area contributed by atoms with Crippen molar-refractivity contribution in [1.29, 1.82) is 0 Å². The first kappa shape index (κ1) is 14.2. The minimum atomic E-state index is -1.06. The van der Waals surface area contributed by atoms with Gasteiger partial charge >= 0.3 is 0 Å². The van der Waals surface area contributed by atoms with Crippen molar-refractivity contribution in [2.45, 2.75) is 4.32 Å². The average molecular weight is 391 g/mol. The summed E-state index contributed by atoms with van der Waals surface area (Å²) >= 11 is 21.8. The zero-order valence-corrected chi connectivity index (χ0v) is 13.7. The number of anilines is 1. The zero-order chi connectivity index (χ0) is 14.5. The second-order valence-electron chi connectivity index (χ2n) is 4.40. The maximum atomic E-state index is 12.4. The van der Waals surface area contributed by atoms with E-state index in [0.717, 1.165) is 0 Å². The lowest BCUT2D eigenvalue weighted by atomic mass is 9.92. The first-order valence-corrected chi connectivity index (χ1v) is 7.62. The van der Waals surface area contributed by atoms with Gasteiger partial charge in [-0.05, 0) is 18.2 Å². The van der Waals surface area contributed by atoms with Crippen LogP contribution in [-0.2, 0) is 9.12 Å². The number of hydrogen-bond donors (Lipinski definition) is 1. The molecule has 0 aliphatic carbocycles.